The molecule has 2 rings (SSSR count). The molecular formula is C21H22F3N3O3. The van der Waals surface area contributed by atoms with E-state index >= 15 is 0 Å². The molecule has 1 amide bonds. The lowest BCUT2D eigenvalue weighted by atomic mass is 10.1. The van der Waals surface area contributed by atoms with Gasteiger partial charge in [0.1, 0.15) is 12.4 Å². The molecule has 30 heavy (non-hydrogen) atoms. The van der Waals surface area contributed by atoms with Crippen LogP contribution in [0, 0.1) is 5.41 Å². The highest BCUT2D eigenvalue weighted by Gasteiger charge is 2.30. The fraction of sp³-hybridized carbons (Fsp3) is 0.238. The van der Waals surface area contributed by atoms with Gasteiger partial charge in [-0.25, -0.2) is 0 Å². The molecule has 0 aliphatic rings. The zero-order chi connectivity index (χ0) is 22.1. The molecule has 0 heterocycles. The van der Waals surface area contributed by atoms with Gasteiger partial charge in [-0.2, -0.15) is 13.2 Å². The minimum absolute atomic E-state index is 0.115. The number of anilines is 1. The maximum atomic E-state index is 12.9. The summed E-state index contributed by atoms with van der Waals surface area (Å²) in [6, 6.07) is 9.01. The van der Waals surface area contributed by atoms with Crippen LogP contribution < -0.4 is 15.4 Å². The summed E-state index contributed by atoms with van der Waals surface area (Å²) < 4.78 is 49.3. The van der Waals surface area contributed by atoms with Crippen LogP contribution in [0.2, 0.25) is 0 Å². The first-order valence-corrected chi connectivity index (χ1v) is 8.93. The minimum atomic E-state index is -4.54. The number of methoxy groups -OCH3 is 1. The van der Waals surface area contributed by atoms with E-state index in [9.17, 15) is 18.0 Å². The highest BCUT2D eigenvalue weighted by atomic mass is 19.4. The van der Waals surface area contributed by atoms with Gasteiger partial charge in [-0.1, -0.05) is 6.07 Å². The molecule has 0 bridgehead atoms. The number of ether oxygens (including phenoxy) is 2. The second kappa shape index (κ2) is 10.4. The van der Waals surface area contributed by atoms with Crippen molar-refractivity contribution in [3.63, 3.8) is 0 Å². The molecule has 0 aliphatic heterocycles. The predicted molar refractivity (Wildman–Crippen MR) is 109 cm³/mol. The molecule has 6 nitrogen and oxygen atoms in total. The molecule has 2 aromatic rings. The van der Waals surface area contributed by atoms with Crippen molar-refractivity contribution < 1.29 is 27.4 Å². The van der Waals surface area contributed by atoms with Gasteiger partial charge in [0.2, 0.25) is 0 Å². The maximum absolute atomic E-state index is 12.9. The highest BCUT2D eigenvalue weighted by molar-refractivity contribution is 6.04. The summed E-state index contributed by atoms with van der Waals surface area (Å²) in [6.07, 6.45) is -1.93. The Morgan fingerprint density at radius 2 is 1.93 bits per heavy atom. The third kappa shape index (κ3) is 6.08. The molecule has 0 radical (unpaired) electrons. The Kier molecular flexibility index (Phi) is 7.99. The number of hydrogen-bond acceptors (Lipinski definition) is 5. The Labute approximate surface area is 172 Å². The van der Waals surface area contributed by atoms with E-state index in [0.717, 1.165) is 18.3 Å². The van der Waals surface area contributed by atoms with E-state index in [4.69, 9.17) is 14.9 Å². The lowest BCUT2D eigenvalue weighted by Gasteiger charge is -2.16. The van der Waals surface area contributed by atoms with Gasteiger partial charge in [0, 0.05) is 42.9 Å². The van der Waals surface area contributed by atoms with Gasteiger partial charge in [0.15, 0.2) is 0 Å². The zero-order valence-electron chi connectivity index (χ0n) is 16.5. The van der Waals surface area contributed by atoms with Crippen LogP contribution >= 0.6 is 0 Å². The average molecular weight is 421 g/mol. The number of halogens is 3. The first-order chi connectivity index (χ1) is 14.3. The first-order valence-electron chi connectivity index (χ1n) is 8.93. The van der Waals surface area contributed by atoms with Crippen molar-refractivity contribution in [2.45, 2.75) is 6.18 Å². The second-order valence-electron chi connectivity index (χ2n) is 6.08. The molecule has 0 unspecified atom stereocenters. The van der Waals surface area contributed by atoms with Crippen LogP contribution in [0.1, 0.15) is 21.5 Å². The van der Waals surface area contributed by atoms with Crippen molar-refractivity contribution in [2.24, 2.45) is 0 Å². The summed E-state index contributed by atoms with van der Waals surface area (Å²) in [6.45, 7) is 0.664. The van der Waals surface area contributed by atoms with Crippen LogP contribution in [0.25, 0.3) is 5.70 Å². The highest BCUT2D eigenvalue weighted by Crippen LogP contribution is 2.31. The summed E-state index contributed by atoms with van der Waals surface area (Å²) >= 11 is 0. The van der Waals surface area contributed by atoms with Crippen molar-refractivity contribution in [1.29, 1.82) is 5.41 Å². The standard InChI is InChI=1S/C21H22F3N3O3/c1-26-18(8-9-25)17-13-16(6-7-19(17)30-11-10-29-2)27-20(28)14-4-3-5-15(12-14)21(22,23)24/h3-9,12-13,25-26H,10-11H2,1-2H3,(H,27,28)/b18-8-,25-9?. The Bertz CT molecular complexity index is 927. The Morgan fingerprint density at radius 3 is 2.57 bits per heavy atom. The van der Waals surface area contributed by atoms with Crippen molar-refractivity contribution in [3.8, 4) is 5.75 Å². The molecule has 2 aromatic carbocycles. The molecule has 0 spiro atoms. The Morgan fingerprint density at radius 1 is 1.17 bits per heavy atom. The minimum Gasteiger partial charge on any atom is -0.490 e. The number of carbonyl (C=O) groups is 1. The van der Waals surface area contributed by atoms with Crippen LogP contribution in [0.5, 0.6) is 5.75 Å². The van der Waals surface area contributed by atoms with Crippen molar-refractivity contribution in [2.75, 3.05) is 32.7 Å². The number of carbonyl (C=O) groups excluding carboxylic acids is 1. The topological polar surface area (TPSA) is 83.4 Å². The van der Waals surface area contributed by atoms with Crippen molar-refractivity contribution in [1.82, 2.24) is 5.32 Å². The van der Waals surface area contributed by atoms with Crippen LogP contribution in [0.15, 0.2) is 48.5 Å². The summed E-state index contributed by atoms with van der Waals surface area (Å²) in [7, 11) is 3.22. The van der Waals surface area contributed by atoms with E-state index in [2.05, 4.69) is 10.6 Å². The molecule has 0 aromatic heterocycles. The third-order valence-electron chi connectivity index (χ3n) is 4.04. The van der Waals surface area contributed by atoms with Gasteiger partial charge in [0.05, 0.1) is 12.2 Å². The fourth-order valence-corrected chi connectivity index (χ4v) is 2.61. The number of allylic oxidation sites excluding steroid dienone is 1. The van der Waals surface area contributed by atoms with E-state index in [1.54, 1.807) is 32.4 Å². The normalized spacial score (nSPS) is 11.7. The largest absolute Gasteiger partial charge is 0.490 e. The smallest absolute Gasteiger partial charge is 0.416 e. The van der Waals surface area contributed by atoms with E-state index < -0.39 is 17.6 Å². The van der Waals surface area contributed by atoms with E-state index in [-0.39, 0.29) is 5.56 Å². The predicted octanol–water partition coefficient (Wildman–Crippen LogP) is 4.19. The molecular weight excluding hydrogens is 399 g/mol. The number of benzene rings is 2. The third-order valence-corrected chi connectivity index (χ3v) is 4.04. The number of amides is 1. The Hall–Kier alpha value is -3.33. The van der Waals surface area contributed by atoms with Crippen molar-refractivity contribution in [3.05, 3.63) is 65.2 Å². The summed E-state index contributed by atoms with van der Waals surface area (Å²) in [5, 5.41) is 12.9. The van der Waals surface area contributed by atoms with Crippen LogP contribution in [-0.4, -0.2) is 39.5 Å². The first kappa shape index (κ1) is 23.0. The molecule has 9 heteroatoms. The van der Waals surface area contributed by atoms with Gasteiger partial charge in [-0.15, -0.1) is 0 Å². The van der Waals surface area contributed by atoms with Gasteiger partial charge in [0.25, 0.3) is 5.91 Å². The SMILES string of the molecule is CN/C(=C\C=N)c1cc(NC(=O)c2cccc(C(F)(F)F)c2)ccc1OCCOC. The van der Waals surface area contributed by atoms with Gasteiger partial charge in [-0.3, -0.25) is 4.79 Å². The van der Waals surface area contributed by atoms with Crippen molar-refractivity contribution >= 4 is 23.5 Å². The van der Waals surface area contributed by atoms with Gasteiger partial charge >= 0.3 is 6.18 Å². The molecule has 0 aliphatic carbocycles. The average Bonchev–Trinajstić information content (AvgIpc) is 2.72. The summed E-state index contributed by atoms with van der Waals surface area (Å²) in [5.74, 6) is -0.186. The molecule has 0 saturated carbocycles. The van der Waals surface area contributed by atoms with E-state index in [0.29, 0.717) is 35.9 Å². The fourth-order valence-electron chi connectivity index (χ4n) is 2.61. The molecule has 160 valence electrons. The number of alkyl halides is 3. The van der Waals surface area contributed by atoms with E-state index in [1.807, 2.05) is 0 Å². The molecule has 3 N–H and O–H groups in total. The maximum Gasteiger partial charge on any atom is 0.416 e. The number of nitrogens with one attached hydrogen (secondary N) is 3. The molecule has 0 fully saturated rings. The van der Waals surface area contributed by atoms with Crippen LogP contribution in [-0.2, 0) is 10.9 Å². The number of hydrogen-bond donors (Lipinski definition) is 3. The Balaban J connectivity index is 2.32. The van der Waals surface area contributed by atoms with Crippen LogP contribution in [0.3, 0.4) is 0 Å². The van der Waals surface area contributed by atoms with Crippen LogP contribution in [0.4, 0.5) is 18.9 Å². The molecule has 0 saturated heterocycles. The van der Waals surface area contributed by atoms with E-state index in [1.165, 1.54) is 18.2 Å². The second-order valence-corrected chi connectivity index (χ2v) is 6.08. The number of rotatable bonds is 9. The zero-order valence-corrected chi connectivity index (χ0v) is 16.5. The molecule has 0 atom stereocenters. The lowest BCUT2D eigenvalue weighted by Crippen LogP contribution is -2.15. The van der Waals surface area contributed by atoms with Gasteiger partial charge < -0.3 is 25.5 Å². The lowest BCUT2D eigenvalue weighted by molar-refractivity contribution is -0.137. The summed E-state index contributed by atoms with van der Waals surface area (Å²) in [4.78, 5) is 12.5. The summed E-state index contributed by atoms with van der Waals surface area (Å²) in [5.41, 5.74) is 0.476. The van der Waals surface area contributed by atoms with Gasteiger partial charge in [-0.05, 0) is 42.5 Å². The monoisotopic (exact) mass is 421 g/mol. The quantitative estimate of drug-likeness (QED) is 0.419.